The van der Waals surface area contributed by atoms with E-state index in [1.54, 1.807) is 0 Å². The van der Waals surface area contributed by atoms with Gasteiger partial charge >= 0.3 is 0 Å². The standard InChI is InChI=1S/C18H30N4O/c1-3-16-13(2)19-18(21-17(16)23)20-14-9-11-22(12-10-14)15-7-5-4-6-8-15/h14-15H,3-12H2,1-2H3,(H2,19,20,21,23). The number of likely N-dealkylation sites (tertiary alicyclic amines) is 1. The summed E-state index contributed by atoms with van der Waals surface area (Å²) in [6.45, 7) is 6.25. The van der Waals surface area contributed by atoms with Gasteiger partial charge in [-0.2, -0.15) is 0 Å². The van der Waals surface area contributed by atoms with Gasteiger partial charge < -0.3 is 10.2 Å². The third-order valence-electron chi connectivity index (χ3n) is 5.54. The third kappa shape index (κ3) is 3.94. The summed E-state index contributed by atoms with van der Waals surface area (Å²) in [7, 11) is 0. The topological polar surface area (TPSA) is 61.0 Å². The molecule has 2 aliphatic rings. The lowest BCUT2D eigenvalue weighted by Crippen LogP contribution is -2.45. The molecule has 3 rings (SSSR count). The van der Waals surface area contributed by atoms with Crippen LogP contribution in [0.3, 0.4) is 0 Å². The molecule has 23 heavy (non-hydrogen) atoms. The van der Waals surface area contributed by atoms with Crippen molar-refractivity contribution in [1.29, 1.82) is 0 Å². The van der Waals surface area contributed by atoms with Gasteiger partial charge in [0.2, 0.25) is 5.95 Å². The minimum Gasteiger partial charge on any atom is -0.353 e. The first-order valence-electron chi connectivity index (χ1n) is 9.27. The van der Waals surface area contributed by atoms with Gasteiger partial charge in [0, 0.05) is 36.4 Å². The van der Waals surface area contributed by atoms with Gasteiger partial charge in [0.15, 0.2) is 0 Å². The maximum atomic E-state index is 12.0. The number of hydrogen-bond acceptors (Lipinski definition) is 4. The molecular weight excluding hydrogens is 288 g/mol. The number of aromatic amines is 1. The number of anilines is 1. The summed E-state index contributed by atoms with van der Waals surface area (Å²) in [5.74, 6) is 0.640. The van der Waals surface area contributed by atoms with E-state index in [4.69, 9.17) is 0 Å². The van der Waals surface area contributed by atoms with E-state index in [2.05, 4.69) is 20.2 Å². The SMILES string of the molecule is CCc1c(C)nc(NC2CCN(C3CCCCC3)CC2)[nH]c1=O. The molecule has 0 atom stereocenters. The molecule has 1 aromatic heterocycles. The third-order valence-corrected chi connectivity index (χ3v) is 5.54. The molecule has 1 aliphatic heterocycles. The highest BCUT2D eigenvalue weighted by Crippen LogP contribution is 2.25. The van der Waals surface area contributed by atoms with Crippen molar-refractivity contribution in [1.82, 2.24) is 14.9 Å². The highest BCUT2D eigenvalue weighted by atomic mass is 16.1. The largest absolute Gasteiger partial charge is 0.353 e. The van der Waals surface area contributed by atoms with Crippen molar-refractivity contribution in [2.75, 3.05) is 18.4 Å². The van der Waals surface area contributed by atoms with Crippen molar-refractivity contribution in [2.45, 2.75) is 77.3 Å². The number of aromatic nitrogens is 2. The molecular formula is C18H30N4O. The van der Waals surface area contributed by atoms with Crippen molar-refractivity contribution in [3.8, 4) is 0 Å². The Morgan fingerprint density at radius 1 is 1.17 bits per heavy atom. The molecule has 2 N–H and O–H groups in total. The Hall–Kier alpha value is -1.36. The number of aryl methyl sites for hydroxylation is 1. The minimum absolute atomic E-state index is 0.00198. The van der Waals surface area contributed by atoms with E-state index >= 15 is 0 Å². The van der Waals surface area contributed by atoms with Crippen LogP contribution in [-0.2, 0) is 6.42 Å². The zero-order valence-electron chi connectivity index (χ0n) is 14.5. The second-order valence-electron chi connectivity index (χ2n) is 7.08. The van der Waals surface area contributed by atoms with E-state index in [9.17, 15) is 4.79 Å². The van der Waals surface area contributed by atoms with E-state index in [1.807, 2.05) is 13.8 Å². The van der Waals surface area contributed by atoms with Gasteiger partial charge in [0.1, 0.15) is 0 Å². The molecule has 0 aromatic carbocycles. The summed E-state index contributed by atoms with van der Waals surface area (Å²) >= 11 is 0. The molecule has 128 valence electrons. The van der Waals surface area contributed by atoms with Crippen LogP contribution in [0.15, 0.2) is 4.79 Å². The molecule has 2 heterocycles. The summed E-state index contributed by atoms with van der Waals surface area (Å²) in [6.07, 6.45) is 9.97. The minimum atomic E-state index is 0.00198. The molecule has 5 heteroatoms. The fourth-order valence-electron chi connectivity index (χ4n) is 4.14. The normalized spacial score (nSPS) is 21.5. The van der Waals surface area contributed by atoms with Gasteiger partial charge in [-0.15, -0.1) is 0 Å². The second kappa shape index (κ2) is 7.47. The predicted molar refractivity (Wildman–Crippen MR) is 94.1 cm³/mol. The molecule has 5 nitrogen and oxygen atoms in total. The van der Waals surface area contributed by atoms with Crippen LogP contribution in [0, 0.1) is 6.92 Å². The van der Waals surface area contributed by atoms with Crippen molar-refractivity contribution in [2.24, 2.45) is 0 Å². The van der Waals surface area contributed by atoms with Crippen LogP contribution in [0.1, 0.15) is 63.1 Å². The first-order valence-corrected chi connectivity index (χ1v) is 9.27. The lowest BCUT2D eigenvalue weighted by Gasteiger charge is -2.39. The maximum Gasteiger partial charge on any atom is 0.255 e. The quantitative estimate of drug-likeness (QED) is 0.896. The van der Waals surface area contributed by atoms with Crippen molar-refractivity contribution >= 4 is 5.95 Å². The molecule has 2 fully saturated rings. The van der Waals surface area contributed by atoms with E-state index in [0.717, 1.165) is 36.6 Å². The number of rotatable bonds is 4. The molecule has 0 bridgehead atoms. The number of nitrogens with zero attached hydrogens (tertiary/aromatic N) is 2. The number of nitrogens with one attached hydrogen (secondary N) is 2. The zero-order chi connectivity index (χ0) is 16.2. The Bertz CT molecular complexity index is 569. The van der Waals surface area contributed by atoms with Gasteiger partial charge in [-0.25, -0.2) is 4.98 Å². The molecule has 1 aromatic rings. The molecule has 0 spiro atoms. The van der Waals surface area contributed by atoms with Crippen LogP contribution in [0.25, 0.3) is 0 Å². The van der Waals surface area contributed by atoms with E-state index in [1.165, 1.54) is 45.2 Å². The van der Waals surface area contributed by atoms with Crippen LogP contribution >= 0.6 is 0 Å². The van der Waals surface area contributed by atoms with Crippen molar-refractivity contribution < 1.29 is 0 Å². The average molecular weight is 318 g/mol. The van der Waals surface area contributed by atoms with E-state index in [0.29, 0.717) is 12.0 Å². The predicted octanol–water partition coefficient (Wildman–Crippen LogP) is 2.85. The van der Waals surface area contributed by atoms with Crippen molar-refractivity contribution in [3.05, 3.63) is 21.6 Å². The molecule has 1 aliphatic carbocycles. The average Bonchev–Trinajstić information content (AvgIpc) is 2.56. The molecule has 1 saturated carbocycles. The van der Waals surface area contributed by atoms with Gasteiger partial charge in [-0.3, -0.25) is 9.78 Å². The maximum absolute atomic E-state index is 12.0. The van der Waals surface area contributed by atoms with Crippen LogP contribution in [-0.4, -0.2) is 40.0 Å². The van der Waals surface area contributed by atoms with E-state index < -0.39 is 0 Å². The Labute approximate surface area is 138 Å². The first-order chi connectivity index (χ1) is 11.2. The van der Waals surface area contributed by atoms with Crippen LogP contribution in [0.2, 0.25) is 0 Å². The van der Waals surface area contributed by atoms with Crippen LogP contribution < -0.4 is 10.9 Å². The molecule has 1 saturated heterocycles. The Morgan fingerprint density at radius 2 is 1.87 bits per heavy atom. The number of H-pyrrole nitrogens is 1. The first kappa shape index (κ1) is 16.5. The van der Waals surface area contributed by atoms with E-state index in [-0.39, 0.29) is 5.56 Å². The number of piperidine rings is 1. The fourth-order valence-corrected chi connectivity index (χ4v) is 4.14. The van der Waals surface area contributed by atoms with Crippen molar-refractivity contribution in [3.63, 3.8) is 0 Å². The van der Waals surface area contributed by atoms with Crippen LogP contribution in [0.5, 0.6) is 0 Å². The van der Waals surface area contributed by atoms with Gasteiger partial charge in [0.05, 0.1) is 0 Å². The van der Waals surface area contributed by atoms with Gasteiger partial charge in [0.25, 0.3) is 5.56 Å². The van der Waals surface area contributed by atoms with Gasteiger partial charge in [-0.1, -0.05) is 26.2 Å². The number of hydrogen-bond donors (Lipinski definition) is 2. The Balaban J connectivity index is 1.55. The van der Waals surface area contributed by atoms with Gasteiger partial charge in [-0.05, 0) is 39.0 Å². The highest BCUT2D eigenvalue weighted by Gasteiger charge is 2.26. The summed E-state index contributed by atoms with van der Waals surface area (Å²) < 4.78 is 0. The lowest BCUT2D eigenvalue weighted by molar-refractivity contribution is 0.126. The lowest BCUT2D eigenvalue weighted by atomic mass is 9.92. The monoisotopic (exact) mass is 318 g/mol. The Kier molecular flexibility index (Phi) is 5.36. The smallest absolute Gasteiger partial charge is 0.255 e. The van der Waals surface area contributed by atoms with Crippen LogP contribution in [0.4, 0.5) is 5.95 Å². The highest BCUT2D eigenvalue weighted by molar-refractivity contribution is 5.30. The molecule has 0 amide bonds. The summed E-state index contributed by atoms with van der Waals surface area (Å²) in [5, 5.41) is 3.44. The summed E-state index contributed by atoms with van der Waals surface area (Å²) in [4.78, 5) is 22.2. The second-order valence-corrected chi connectivity index (χ2v) is 7.08. The summed E-state index contributed by atoms with van der Waals surface area (Å²) in [5.41, 5.74) is 1.64. The zero-order valence-corrected chi connectivity index (χ0v) is 14.5. The Morgan fingerprint density at radius 3 is 2.48 bits per heavy atom. The molecule has 0 unspecified atom stereocenters. The summed E-state index contributed by atoms with van der Waals surface area (Å²) in [6, 6.07) is 1.23. The fraction of sp³-hybridized carbons (Fsp3) is 0.778. The molecule has 0 radical (unpaired) electrons.